The van der Waals surface area contributed by atoms with Crippen LogP contribution < -0.4 is 0 Å². The standard InChI is InChI=1S/C11H18N4O4S2/c1-7(10(16)17)20-11-12-9(13-14-11)8-3-5-15(6-4-8)21(2,18)19/h7-8H,3-6H2,1-2H3,(H,16,17)(H,12,13,14). The van der Waals surface area contributed by atoms with Gasteiger partial charge in [-0.25, -0.2) is 17.7 Å². The number of carboxylic acid groups (broad SMARTS) is 1. The third kappa shape index (κ3) is 4.17. The SMILES string of the molecule is CC(Sc1n[nH]c(C2CCN(S(C)(=O)=O)CC2)n1)C(=O)O. The summed E-state index contributed by atoms with van der Waals surface area (Å²) in [7, 11) is -3.13. The third-order valence-corrected chi connectivity index (χ3v) is 5.67. The van der Waals surface area contributed by atoms with Crippen LogP contribution in [0.4, 0.5) is 0 Å². The van der Waals surface area contributed by atoms with Gasteiger partial charge in [0, 0.05) is 19.0 Å². The minimum atomic E-state index is -3.13. The predicted octanol–water partition coefficient (Wildman–Crippen LogP) is 0.509. The molecule has 118 valence electrons. The smallest absolute Gasteiger partial charge is 0.316 e. The third-order valence-electron chi connectivity index (χ3n) is 3.42. The van der Waals surface area contributed by atoms with Gasteiger partial charge in [0.1, 0.15) is 11.1 Å². The van der Waals surface area contributed by atoms with Crippen molar-refractivity contribution in [3.8, 4) is 0 Å². The number of carbonyl (C=O) groups is 1. The molecule has 1 saturated heterocycles. The van der Waals surface area contributed by atoms with Gasteiger partial charge >= 0.3 is 5.97 Å². The number of H-pyrrole nitrogens is 1. The maximum atomic E-state index is 11.4. The zero-order valence-corrected chi connectivity index (χ0v) is 13.4. The van der Waals surface area contributed by atoms with E-state index in [1.165, 1.54) is 10.6 Å². The molecule has 10 heteroatoms. The van der Waals surface area contributed by atoms with Crippen molar-refractivity contribution in [1.82, 2.24) is 19.5 Å². The van der Waals surface area contributed by atoms with Crippen LogP contribution >= 0.6 is 11.8 Å². The van der Waals surface area contributed by atoms with Gasteiger partial charge in [0.05, 0.1) is 6.26 Å². The number of sulfonamides is 1. The number of aromatic amines is 1. The summed E-state index contributed by atoms with van der Waals surface area (Å²) >= 11 is 1.08. The van der Waals surface area contributed by atoms with Gasteiger partial charge in [-0.2, -0.15) is 0 Å². The summed E-state index contributed by atoms with van der Waals surface area (Å²) in [6.07, 6.45) is 2.57. The highest BCUT2D eigenvalue weighted by Gasteiger charge is 2.28. The Kier molecular flexibility index (Phi) is 4.89. The van der Waals surface area contributed by atoms with E-state index >= 15 is 0 Å². The fourth-order valence-electron chi connectivity index (χ4n) is 2.16. The van der Waals surface area contributed by atoms with E-state index in [2.05, 4.69) is 15.2 Å². The molecule has 0 aromatic carbocycles. The van der Waals surface area contributed by atoms with Crippen LogP contribution in [0.1, 0.15) is 31.5 Å². The number of nitrogens with one attached hydrogen (secondary N) is 1. The molecule has 0 spiro atoms. The van der Waals surface area contributed by atoms with Crippen molar-refractivity contribution in [3.63, 3.8) is 0 Å². The number of piperidine rings is 1. The van der Waals surface area contributed by atoms with Crippen molar-refractivity contribution in [2.75, 3.05) is 19.3 Å². The fourth-order valence-corrected chi connectivity index (χ4v) is 3.70. The molecule has 0 bridgehead atoms. The highest BCUT2D eigenvalue weighted by Crippen LogP contribution is 2.28. The van der Waals surface area contributed by atoms with E-state index in [-0.39, 0.29) is 5.92 Å². The summed E-state index contributed by atoms with van der Waals surface area (Å²) in [5.74, 6) is -0.0824. The summed E-state index contributed by atoms with van der Waals surface area (Å²) in [5.41, 5.74) is 0. The lowest BCUT2D eigenvalue weighted by molar-refractivity contribution is -0.136. The number of carboxylic acids is 1. The number of rotatable bonds is 5. The van der Waals surface area contributed by atoms with Crippen LogP contribution in [0.2, 0.25) is 0 Å². The Labute approximate surface area is 127 Å². The van der Waals surface area contributed by atoms with Crippen molar-refractivity contribution >= 4 is 27.8 Å². The van der Waals surface area contributed by atoms with E-state index < -0.39 is 21.2 Å². The summed E-state index contributed by atoms with van der Waals surface area (Å²) in [6, 6.07) is 0. The molecule has 1 aliphatic heterocycles. The molecule has 0 saturated carbocycles. The Bertz CT molecular complexity index is 607. The minimum absolute atomic E-state index is 0.130. The van der Waals surface area contributed by atoms with E-state index in [0.717, 1.165) is 11.8 Å². The average molecular weight is 334 g/mol. The molecule has 2 heterocycles. The largest absolute Gasteiger partial charge is 0.480 e. The highest BCUT2D eigenvalue weighted by atomic mass is 32.2. The summed E-state index contributed by atoms with van der Waals surface area (Å²) in [5, 5.41) is 15.5. The fraction of sp³-hybridized carbons (Fsp3) is 0.727. The van der Waals surface area contributed by atoms with Crippen LogP contribution in [0.15, 0.2) is 5.16 Å². The van der Waals surface area contributed by atoms with Crippen LogP contribution in [0.25, 0.3) is 0 Å². The maximum absolute atomic E-state index is 11.4. The quantitative estimate of drug-likeness (QED) is 0.753. The molecule has 21 heavy (non-hydrogen) atoms. The molecule has 0 aliphatic carbocycles. The zero-order valence-electron chi connectivity index (χ0n) is 11.8. The first kappa shape index (κ1) is 16.2. The highest BCUT2D eigenvalue weighted by molar-refractivity contribution is 8.00. The average Bonchev–Trinajstić information content (AvgIpc) is 2.86. The van der Waals surface area contributed by atoms with E-state index in [1.807, 2.05) is 0 Å². The lowest BCUT2D eigenvalue weighted by Gasteiger charge is -2.28. The number of aliphatic carboxylic acids is 1. The molecular weight excluding hydrogens is 316 g/mol. The minimum Gasteiger partial charge on any atom is -0.480 e. The van der Waals surface area contributed by atoms with Crippen LogP contribution in [0.3, 0.4) is 0 Å². The molecule has 1 fully saturated rings. The van der Waals surface area contributed by atoms with Gasteiger partial charge < -0.3 is 5.11 Å². The topological polar surface area (TPSA) is 116 Å². The van der Waals surface area contributed by atoms with Crippen LogP contribution in [-0.4, -0.2) is 63.6 Å². The molecule has 2 rings (SSSR count). The molecule has 1 unspecified atom stereocenters. The van der Waals surface area contributed by atoms with Gasteiger partial charge in [0.15, 0.2) is 0 Å². The van der Waals surface area contributed by atoms with Crippen molar-refractivity contribution in [2.45, 2.75) is 36.1 Å². The first-order chi connectivity index (χ1) is 9.77. The number of hydrogen-bond acceptors (Lipinski definition) is 6. The molecule has 2 N–H and O–H groups in total. The van der Waals surface area contributed by atoms with Crippen LogP contribution in [0.5, 0.6) is 0 Å². The number of thioether (sulfide) groups is 1. The second kappa shape index (κ2) is 6.32. The normalized spacial score (nSPS) is 19.5. The van der Waals surface area contributed by atoms with Gasteiger partial charge in [-0.3, -0.25) is 9.89 Å². The Balaban J connectivity index is 1.96. The molecule has 1 atom stereocenters. The summed E-state index contributed by atoms with van der Waals surface area (Å²) < 4.78 is 24.4. The first-order valence-electron chi connectivity index (χ1n) is 6.54. The molecular formula is C11H18N4O4S2. The monoisotopic (exact) mass is 334 g/mol. The Morgan fingerprint density at radius 1 is 1.48 bits per heavy atom. The predicted molar refractivity (Wildman–Crippen MR) is 77.7 cm³/mol. The number of hydrogen-bond donors (Lipinski definition) is 2. The van der Waals surface area contributed by atoms with Crippen molar-refractivity contribution in [2.24, 2.45) is 0 Å². The van der Waals surface area contributed by atoms with Gasteiger partial charge in [-0.15, -0.1) is 5.10 Å². The number of nitrogens with zero attached hydrogens (tertiary/aromatic N) is 3. The van der Waals surface area contributed by atoms with Gasteiger partial charge in [-0.1, -0.05) is 11.8 Å². The summed E-state index contributed by atoms with van der Waals surface area (Å²) in [6.45, 7) is 2.52. The van der Waals surface area contributed by atoms with Gasteiger partial charge in [0.25, 0.3) is 0 Å². The van der Waals surface area contributed by atoms with Crippen LogP contribution in [-0.2, 0) is 14.8 Å². The summed E-state index contributed by atoms with van der Waals surface area (Å²) in [4.78, 5) is 15.1. The van der Waals surface area contributed by atoms with E-state index in [9.17, 15) is 13.2 Å². The van der Waals surface area contributed by atoms with Crippen molar-refractivity contribution in [3.05, 3.63) is 5.82 Å². The molecule has 1 aromatic rings. The van der Waals surface area contributed by atoms with E-state index in [0.29, 0.717) is 36.9 Å². The molecule has 8 nitrogen and oxygen atoms in total. The number of aromatic nitrogens is 3. The van der Waals surface area contributed by atoms with Gasteiger partial charge in [0.2, 0.25) is 15.2 Å². The Hall–Kier alpha value is -1.13. The van der Waals surface area contributed by atoms with Crippen LogP contribution in [0, 0.1) is 0 Å². The second-order valence-electron chi connectivity index (χ2n) is 5.04. The zero-order chi connectivity index (χ0) is 15.6. The molecule has 0 amide bonds. The molecule has 1 aliphatic rings. The van der Waals surface area contributed by atoms with E-state index in [4.69, 9.17) is 5.11 Å². The van der Waals surface area contributed by atoms with Crippen molar-refractivity contribution in [1.29, 1.82) is 0 Å². The van der Waals surface area contributed by atoms with Gasteiger partial charge in [-0.05, 0) is 19.8 Å². The first-order valence-corrected chi connectivity index (χ1v) is 9.27. The van der Waals surface area contributed by atoms with E-state index in [1.54, 1.807) is 6.92 Å². The molecule has 0 radical (unpaired) electrons. The van der Waals surface area contributed by atoms with Crippen molar-refractivity contribution < 1.29 is 18.3 Å². The Morgan fingerprint density at radius 3 is 2.62 bits per heavy atom. The lowest BCUT2D eigenvalue weighted by Crippen LogP contribution is -2.37. The second-order valence-corrected chi connectivity index (χ2v) is 8.33. The molecule has 1 aromatic heterocycles. The maximum Gasteiger partial charge on any atom is 0.316 e. The Morgan fingerprint density at radius 2 is 2.10 bits per heavy atom. The lowest BCUT2D eigenvalue weighted by atomic mass is 9.98.